The summed E-state index contributed by atoms with van der Waals surface area (Å²) in [5, 5.41) is 9.49. The Morgan fingerprint density at radius 1 is 1.15 bits per heavy atom. The maximum atomic E-state index is 13.5. The second kappa shape index (κ2) is 6.11. The molecule has 0 aliphatic heterocycles. The van der Waals surface area contributed by atoms with Gasteiger partial charge in [-0.2, -0.15) is 0 Å². The second-order valence-electron chi connectivity index (χ2n) is 3.98. The first-order valence-electron chi connectivity index (χ1n) is 5.57. The van der Waals surface area contributed by atoms with Gasteiger partial charge in [-0.1, -0.05) is 29.3 Å². The molecule has 0 unspecified atom stereocenters. The second-order valence-corrected chi connectivity index (χ2v) is 4.80. The van der Waals surface area contributed by atoms with Gasteiger partial charge in [0.25, 0.3) is 0 Å². The lowest BCUT2D eigenvalue weighted by molar-refractivity contribution is 0.0692. The van der Waals surface area contributed by atoms with Crippen LogP contribution >= 0.6 is 23.2 Å². The molecule has 0 heterocycles. The summed E-state index contributed by atoms with van der Waals surface area (Å²) in [6.45, 7) is 0.0920. The molecule has 0 atom stereocenters. The molecule has 0 spiro atoms. The van der Waals surface area contributed by atoms with E-state index in [9.17, 15) is 9.18 Å². The predicted molar refractivity (Wildman–Crippen MR) is 74.2 cm³/mol. The van der Waals surface area contributed by atoms with Gasteiger partial charge in [0.05, 0.1) is 15.6 Å². The summed E-state index contributed by atoms with van der Waals surface area (Å²) in [6.07, 6.45) is 0. The first kappa shape index (κ1) is 14.6. The van der Waals surface area contributed by atoms with Crippen molar-refractivity contribution in [1.82, 2.24) is 0 Å². The van der Waals surface area contributed by atoms with Crippen LogP contribution in [0.3, 0.4) is 0 Å². The molecule has 104 valence electrons. The Morgan fingerprint density at radius 3 is 2.50 bits per heavy atom. The van der Waals surface area contributed by atoms with Crippen LogP contribution in [0, 0.1) is 5.82 Å². The van der Waals surface area contributed by atoms with Gasteiger partial charge in [0, 0.05) is 6.07 Å². The van der Waals surface area contributed by atoms with Crippen LogP contribution in [0.2, 0.25) is 10.0 Å². The zero-order chi connectivity index (χ0) is 14.7. The number of hydrogen-bond acceptors (Lipinski definition) is 2. The van der Waals surface area contributed by atoms with Gasteiger partial charge < -0.3 is 9.84 Å². The van der Waals surface area contributed by atoms with E-state index in [0.717, 1.165) is 6.07 Å². The zero-order valence-corrected chi connectivity index (χ0v) is 11.6. The van der Waals surface area contributed by atoms with Crippen LogP contribution in [-0.2, 0) is 6.61 Å². The molecule has 20 heavy (non-hydrogen) atoms. The molecule has 2 aromatic rings. The Bertz CT molecular complexity index is 659. The Kier molecular flexibility index (Phi) is 4.47. The van der Waals surface area contributed by atoms with E-state index in [4.69, 9.17) is 33.0 Å². The molecule has 0 bridgehead atoms. The van der Waals surface area contributed by atoms with Gasteiger partial charge in [0.1, 0.15) is 18.2 Å². The molecule has 0 aliphatic carbocycles. The van der Waals surface area contributed by atoms with E-state index in [0.29, 0.717) is 21.4 Å². The minimum atomic E-state index is -1.31. The minimum Gasteiger partial charge on any atom is -0.489 e. The fourth-order valence-corrected chi connectivity index (χ4v) is 1.84. The normalized spacial score (nSPS) is 10.3. The molecule has 0 saturated heterocycles. The molecule has 0 amide bonds. The van der Waals surface area contributed by atoms with Crippen LogP contribution in [0.1, 0.15) is 15.9 Å². The minimum absolute atomic E-state index is 0.0920. The van der Waals surface area contributed by atoms with E-state index in [1.807, 2.05) is 0 Å². The lowest BCUT2D eigenvalue weighted by Gasteiger charge is -2.08. The van der Waals surface area contributed by atoms with Gasteiger partial charge in [0.15, 0.2) is 0 Å². The van der Waals surface area contributed by atoms with Crippen LogP contribution in [0.5, 0.6) is 5.75 Å². The molecule has 2 rings (SSSR count). The molecule has 0 radical (unpaired) electrons. The Balaban J connectivity index is 2.09. The molecular weight excluding hydrogens is 306 g/mol. The smallest absolute Gasteiger partial charge is 0.338 e. The van der Waals surface area contributed by atoms with Crippen molar-refractivity contribution in [2.45, 2.75) is 6.61 Å². The zero-order valence-electron chi connectivity index (χ0n) is 10.1. The number of rotatable bonds is 4. The van der Waals surface area contributed by atoms with E-state index in [-0.39, 0.29) is 12.2 Å². The molecule has 0 aromatic heterocycles. The SMILES string of the molecule is O=C(O)c1ccc(COc2ccc(Cl)c(Cl)c2)cc1F. The summed E-state index contributed by atoms with van der Waals surface area (Å²) >= 11 is 11.6. The van der Waals surface area contributed by atoms with Gasteiger partial charge in [-0.3, -0.25) is 0 Å². The summed E-state index contributed by atoms with van der Waals surface area (Å²) in [6, 6.07) is 8.59. The third kappa shape index (κ3) is 3.40. The standard InChI is InChI=1S/C14H9Cl2FO3/c15-11-4-2-9(6-12(11)16)20-7-8-1-3-10(14(18)19)13(17)5-8/h1-6H,7H2,(H,18,19). The highest BCUT2D eigenvalue weighted by Crippen LogP contribution is 2.26. The summed E-state index contributed by atoms with van der Waals surface area (Å²) in [5.41, 5.74) is 0.141. The van der Waals surface area contributed by atoms with Crippen molar-refractivity contribution in [3.05, 3.63) is 63.4 Å². The first-order valence-corrected chi connectivity index (χ1v) is 6.32. The number of carbonyl (C=O) groups is 1. The quantitative estimate of drug-likeness (QED) is 0.909. The number of aromatic carboxylic acids is 1. The van der Waals surface area contributed by atoms with E-state index in [2.05, 4.69) is 0 Å². The van der Waals surface area contributed by atoms with Gasteiger partial charge in [0.2, 0.25) is 0 Å². The largest absolute Gasteiger partial charge is 0.489 e. The monoisotopic (exact) mass is 314 g/mol. The molecule has 6 heteroatoms. The molecular formula is C14H9Cl2FO3. The summed E-state index contributed by atoms with van der Waals surface area (Å²) in [5.74, 6) is -1.62. The van der Waals surface area contributed by atoms with Gasteiger partial charge in [-0.15, -0.1) is 0 Å². The van der Waals surface area contributed by atoms with Crippen LogP contribution in [-0.4, -0.2) is 11.1 Å². The average molecular weight is 315 g/mol. The average Bonchev–Trinajstić information content (AvgIpc) is 2.40. The van der Waals surface area contributed by atoms with Crippen molar-refractivity contribution < 1.29 is 19.0 Å². The molecule has 0 saturated carbocycles. The van der Waals surface area contributed by atoms with E-state index >= 15 is 0 Å². The Morgan fingerprint density at radius 2 is 1.90 bits per heavy atom. The highest BCUT2D eigenvalue weighted by molar-refractivity contribution is 6.42. The number of hydrogen-bond donors (Lipinski definition) is 1. The third-order valence-electron chi connectivity index (χ3n) is 2.56. The lowest BCUT2D eigenvalue weighted by atomic mass is 10.1. The summed E-state index contributed by atoms with van der Waals surface area (Å²) in [7, 11) is 0. The Hall–Kier alpha value is -1.78. The number of carboxylic acid groups (broad SMARTS) is 1. The van der Waals surface area contributed by atoms with E-state index in [1.165, 1.54) is 12.1 Å². The molecule has 1 N–H and O–H groups in total. The molecule has 0 fully saturated rings. The molecule has 0 aliphatic rings. The van der Waals surface area contributed by atoms with Gasteiger partial charge >= 0.3 is 5.97 Å². The number of carboxylic acids is 1. The Labute approximate surface area is 124 Å². The fourth-order valence-electron chi connectivity index (χ4n) is 1.56. The maximum Gasteiger partial charge on any atom is 0.338 e. The van der Waals surface area contributed by atoms with Crippen molar-refractivity contribution in [3.8, 4) is 5.75 Å². The van der Waals surface area contributed by atoms with Crippen molar-refractivity contribution in [3.63, 3.8) is 0 Å². The van der Waals surface area contributed by atoms with Gasteiger partial charge in [-0.05, 0) is 29.8 Å². The topological polar surface area (TPSA) is 46.5 Å². The van der Waals surface area contributed by atoms with Crippen molar-refractivity contribution in [2.75, 3.05) is 0 Å². The third-order valence-corrected chi connectivity index (χ3v) is 3.30. The van der Waals surface area contributed by atoms with Crippen molar-refractivity contribution >= 4 is 29.2 Å². The highest BCUT2D eigenvalue weighted by Gasteiger charge is 2.10. The van der Waals surface area contributed by atoms with Gasteiger partial charge in [-0.25, -0.2) is 9.18 Å². The number of benzene rings is 2. The van der Waals surface area contributed by atoms with Crippen molar-refractivity contribution in [1.29, 1.82) is 0 Å². The lowest BCUT2D eigenvalue weighted by Crippen LogP contribution is -2.02. The number of ether oxygens (including phenoxy) is 1. The molecule has 2 aromatic carbocycles. The highest BCUT2D eigenvalue weighted by atomic mass is 35.5. The molecule has 3 nitrogen and oxygen atoms in total. The maximum absolute atomic E-state index is 13.5. The van der Waals surface area contributed by atoms with Crippen LogP contribution < -0.4 is 4.74 Å². The fraction of sp³-hybridized carbons (Fsp3) is 0.0714. The van der Waals surface area contributed by atoms with Crippen molar-refractivity contribution in [2.24, 2.45) is 0 Å². The predicted octanol–water partition coefficient (Wildman–Crippen LogP) is 4.41. The van der Waals surface area contributed by atoms with E-state index in [1.54, 1.807) is 18.2 Å². The summed E-state index contributed by atoms with van der Waals surface area (Å²) < 4.78 is 18.9. The van der Waals surface area contributed by atoms with Crippen LogP contribution in [0.4, 0.5) is 4.39 Å². The summed E-state index contributed by atoms with van der Waals surface area (Å²) in [4.78, 5) is 10.7. The van der Waals surface area contributed by atoms with Crippen LogP contribution in [0.25, 0.3) is 0 Å². The number of halogens is 3. The van der Waals surface area contributed by atoms with Crippen LogP contribution in [0.15, 0.2) is 36.4 Å². The first-order chi connectivity index (χ1) is 9.47. The van der Waals surface area contributed by atoms with E-state index < -0.39 is 11.8 Å².